The number of imidazole rings is 1. The van der Waals surface area contributed by atoms with Crippen LogP contribution in [-0.2, 0) is 37.4 Å². The molecule has 3 heterocycles. The van der Waals surface area contributed by atoms with E-state index in [1.54, 1.807) is 24.3 Å². The number of nitrogens with zero attached hydrogens (tertiary/aromatic N) is 4. The molecule has 64 heavy (non-hydrogen) atoms. The quantitative estimate of drug-likeness (QED) is 0.0175. The number of carbonyl (C=O) groups is 2. The molecule has 0 spiro atoms. The third kappa shape index (κ3) is 17.7. The summed E-state index contributed by atoms with van der Waals surface area (Å²) < 4.78 is 56.7. The molecular formula is C47H71FN6O9P+. The van der Waals surface area contributed by atoms with Crippen molar-refractivity contribution in [2.24, 2.45) is 5.73 Å². The Hall–Kier alpha value is -4.10. The van der Waals surface area contributed by atoms with Crippen LogP contribution >= 0.6 is 8.25 Å². The fourth-order valence-electron chi connectivity index (χ4n) is 7.67. The van der Waals surface area contributed by atoms with E-state index in [0.29, 0.717) is 18.4 Å². The zero-order valence-corrected chi connectivity index (χ0v) is 38.8. The second-order valence-electron chi connectivity index (χ2n) is 16.6. The van der Waals surface area contributed by atoms with Gasteiger partial charge in [-0.25, -0.2) is 9.78 Å². The summed E-state index contributed by atoms with van der Waals surface area (Å²) in [6.07, 6.45) is 20.4. The molecule has 2 unspecified atom stereocenters. The van der Waals surface area contributed by atoms with Gasteiger partial charge in [0.15, 0.2) is 22.6 Å². The molecule has 6 atom stereocenters. The van der Waals surface area contributed by atoms with Gasteiger partial charge in [0.1, 0.15) is 25.0 Å². The molecule has 0 saturated carbocycles. The van der Waals surface area contributed by atoms with Gasteiger partial charge in [0, 0.05) is 11.0 Å². The molecule has 0 aliphatic carbocycles. The first-order chi connectivity index (χ1) is 31.1. The van der Waals surface area contributed by atoms with Crippen LogP contribution in [0.4, 0.5) is 10.2 Å². The molecule has 1 fully saturated rings. The molecular weight excluding hydrogens is 843 g/mol. The number of aliphatic hydroxyl groups is 1. The molecule has 1 aliphatic rings. The highest BCUT2D eigenvalue weighted by Crippen LogP contribution is 2.41. The highest BCUT2D eigenvalue weighted by molar-refractivity contribution is 7.33. The van der Waals surface area contributed by atoms with E-state index < -0.39 is 69.4 Å². The summed E-state index contributed by atoms with van der Waals surface area (Å²) >= 11 is 0. The van der Waals surface area contributed by atoms with Gasteiger partial charge in [-0.05, 0) is 18.4 Å². The van der Waals surface area contributed by atoms with Crippen LogP contribution in [0.2, 0.25) is 0 Å². The molecule has 2 aromatic heterocycles. The second kappa shape index (κ2) is 29.4. The highest BCUT2D eigenvalue weighted by atomic mass is 31.1. The minimum Gasteiger partial charge on any atom is -0.464 e. The van der Waals surface area contributed by atoms with Crippen molar-refractivity contribution in [1.29, 1.82) is 0 Å². The molecule has 17 heteroatoms. The minimum atomic E-state index is -2.94. The van der Waals surface area contributed by atoms with E-state index in [2.05, 4.69) is 40.6 Å². The number of aliphatic hydroxyl groups excluding tert-OH is 1. The normalized spacial score (nSPS) is 18.4. The second-order valence-corrected chi connectivity index (χ2v) is 17.6. The number of halogens is 1. The van der Waals surface area contributed by atoms with Crippen molar-refractivity contribution < 1.29 is 46.9 Å². The number of fused-ring (bicyclic) bond motifs is 1. The first-order valence-electron chi connectivity index (χ1n) is 23.5. The van der Waals surface area contributed by atoms with E-state index >= 15 is 0 Å². The number of rotatable bonds is 32. The maximum atomic E-state index is 14.3. The lowest BCUT2D eigenvalue weighted by Gasteiger charge is -2.25. The molecule has 4 rings (SSSR count). The lowest BCUT2D eigenvalue weighted by molar-refractivity contribution is -0.147. The first kappa shape index (κ1) is 52.5. The van der Waals surface area contributed by atoms with Gasteiger partial charge in [0.25, 0.3) is 0 Å². The Morgan fingerprint density at radius 3 is 2.03 bits per heavy atom. The number of hydrogen-bond donors (Lipinski definition) is 3. The number of anilines is 1. The standard InChI is InChI=1S/C47H71FN6O9P/c1-3-5-7-9-11-13-15-17-19-24-30-59-40(56)33-61-64(58)62-34-47(38(55)32-39(63-47)54-35-51-42-43(50)52-46(48)53-44(42)54)29-28-37(36-26-22-21-23-27-36)41(49)45(57)60-31-25-20-18-16-14-12-10-8-6-4-2/h21-23,26-27,35,37-39,41,55H,3-20,24-25,30-34,49H2,1-2H3,(H2,50,52,53)/q+1/t37?,38-,39+,41-,47+/m0/s1. The Morgan fingerprint density at radius 2 is 1.44 bits per heavy atom. The summed E-state index contributed by atoms with van der Waals surface area (Å²) in [6, 6.07) is 7.68. The van der Waals surface area contributed by atoms with Crippen LogP contribution < -0.4 is 11.5 Å². The summed E-state index contributed by atoms with van der Waals surface area (Å²) in [7, 11) is -2.94. The molecule has 0 bridgehead atoms. The molecule has 0 radical (unpaired) electrons. The number of aromatic nitrogens is 4. The average Bonchev–Trinajstić information content (AvgIpc) is 3.86. The van der Waals surface area contributed by atoms with Gasteiger partial charge < -0.3 is 30.8 Å². The largest absolute Gasteiger partial charge is 0.698 e. The van der Waals surface area contributed by atoms with Crippen molar-refractivity contribution in [3.8, 4) is 11.8 Å². The lowest BCUT2D eigenvalue weighted by Crippen LogP contribution is -2.43. The fourth-order valence-corrected chi connectivity index (χ4v) is 8.25. The topological polar surface area (TPSA) is 213 Å². The van der Waals surface area contributed by atoms with E-state index in [-0.39, 0.29) is 36.6 Å². The number of unbranched alkanes of at least 4 members (excludes halogenated alkanes) is 18. The number of nitrogen functional groups attached to an aromatic ring is 1. The number of esters is 2. The van der Waals surface area contributed by atoms with Crippen molar-refractivity contribution in [1.82, 2.24) is 19.5 Å². The number of carbonyl (C=O) groups excluding carboxylic acids is 2. The van der Waals surface area contributed by atoms with Crippen molar-refractivity contribution in [3.05, 3.63) is 48.3 Å². The fraction of sp³-hybridized carbons (Fsp3) is 0.681. The van der Waals surface area contributed by atoms with Crippen LogP contribution in [0.1, 0.15) is 166 Å². The van der Waals surface area contributed by atoms with Crippen molar-refractivity contribution in [2.75, 3.05) is 32.2 Å². The third-order valence-electron chi connectivity index (χ3n) is 11.4. The Morgan fingerprint density at radius 1 is 0.875 bits per heavy atom. The first-order valence-corrected chi connectivity index (χ1v) is 24.6. The number of benzene rings is 1. The molecule has 1 aliphatic heterocycles. The molecule has 5 N–H and O–H groups in total. The van der Waals surface area contributed by atoms with E-state index in [0.717, 1.165) is 38.5 Å². The van der Waals surface area contributed by atoms with Crippen LogP contribution in [0.15, 0.2) is 36.7 Å². The Kier molecular flexibility index (Phi) is 24.2. The predicted molar refractivity (Wildman–Crippen MR) is 243 cm³/mol. The summed E-state index contributed by atoms with van der Waals surface area (Å²) in [5.74, 6) is 3.54. The van der Waals surface area contributed by atoms with Crippen molar-refractivity contribution in [3.63, 3.8) is 0 Å². The Labute approximate surface area is 379 Å². The van der Waals surface area contributed by atoms with Crippen LogP contribution in [0.25, 0.3) is 11.2 Å². The van der Waals surface area contributed by atoms with Gasteiger partial charge in [-0.3, -0.25) is 9.36 Å². The summed E-state index contributed by atoms with van der Waals surface area (Å²) in [5, 5.41) is 11.6. The molecule has 3 aromatic rings. The van der Waals surface area contributed by atoms with E-state index in [1.165, 1.54) is 87.9 Å². The Balaban J connectivity index is 1.39. The SMILES string of the molecule is CCCCCCCCCCCCOC(=O)CO[P+](=O)OC[C@@]1(C#CC(c2ccccc2)[C@H](N)C(=O)OCCCCCCCCCCCC)O[C@@H](n2cnc3c(N)nc(F)nc32)C[C@@H]1O. The van der Waals surface area contributed by atoms with Crippen molar-refractivity contribution >= 4 is 37.2 Å². The average molecular weight is 914 g/mol. The molecule has 1 saturated heterocycles. The van der Waals surface area contributed by atoms with Gasteiger partial charge in [-0.1, -0.05) is 172 Å². The summed E-state index contributed by atoms with van der Waals surface area (Å²) in [4.78, 5) is 37.3. The monoisotopic (exact) mass is 913 g/mol. The maximum absolute atomic E-state index is 14.3. The van der Waals surface area contributed by atoms with Crippen LogP contribution in [0.3, 0.4) is 0 Å². The minimum absolute atomic E-state index is 0.00643. The molecule has 15 nitrogen and oxygen atoms in total. The van der Waals surface area contributed by atoms with E-state index in [1.807, 2.05) is 6.07 Å². The van der Waals surface area contributed by atoms with Crippen LogP contribution in [-0.4, -0.2) is 80.7 Å². The van der Waals surface area contributed by atoms with Crippen LogP contribution in [0, 0.1) is 17.9 Å². The molecule has 0 amide bonds. The maximum Gasteiger partial charge on any atom is 0.698 e. The highest BCUT2D eigenvalue weighted by Gasteiger charge is 2.51. The number of hydrogen-bond acceptors (Lipinski definition) is 14. The zero-order valence-electron chi connectivity index (χ0n) is 37.9. The van der Waals surface area contributed by atoms with E-state index in [4.69, 9.17) is 34.7 Å². The zero-order chi connectivity index (χ0) is 46.0. The summed E-state index contributed by atoms with van der Waals surface area (Å²) in [6.45, 7) is 3.62. The van der Waals surface area contributed by atoms with Gasteiger partial charge in [0.2, 0.25) is 6.61 Å². The van der Waals surface area contributed by atoms with E-state index in [9.17, 15) is 23.7 Å². The summed E-state index contributed by atoms with van der Waals surface area (Å²) in [5.41, 5.74) is 11.3. The number of nitrogens with two attached hydrogens (primary N) is 2. The number of ether oxygens (including phenoxy) is 3. The third-order valence-corrected chi connectivity index (χ3v) is 12.1. The van der Waals surface area contributed by atoms with Crippen LogP contribution in [0.5, 0.6) is 0 Å². The predicted octanol–water partition coefficient (Wildman–Crippen LogP) is 9.30. The lowest BCUT2D eigenvalue weighted by atomic mass is 9.90. The van der Waals surface area contributed by atoms with Gasteiger partial charge in [0.05, 0.1) is 25.5 Å². The van der Waals surface area contributed by atoms with Gasteiger partial charge in [-0.15, -0.1) is 9.05 Å². The smallest absolute Gasteiger partial charge is 0.464 e. The Bertz CT molecular complexity index is 1910. The molecule has 1 aromatic carbocycles. The van der Waals surface area contributed by atoms with Gasteiger partial charge >= 0.3 is 26.3 Å². The van der Waals surface area contributed by atoms with Crippen molar-refractivity contribution in [2.45, 2.75) is 179 Å². The van der Waals surface area contributed by atoms with Gasteiger partial charge in [-0.2, -0.15) is 14.4 Å². The molecule has 354 valence electrons.